The molecule has 1 aromatic rings. The quantitative estimate of drug-likeness (QED) is 0.860. The van der Waals surface area contributed by atoms with Crippen LogP contribution in [0, 0.1) is 23.2 Å². The summed E-state index contributed by atoms with van der Waals surface area (Å²) in [6.45, 7) is 2.07. The van der Waals surface area contributed by atoms with Gasteiger partial charge in [-0.3, -0.25) is 9.59 Å². The molecule has 0 radical (unpaired) electrons. The summed E-state index contributed by atoms with van der Waals surface area (Å²) in [7, 11) is 0. The number of carbonyl (C=O) groups excluding carboxylic acids is 2. The zero-order chi connectivity index (χ0) is 16.7. The molecular weight excluding hydrogens is 320 g/mol. The van der Waals surface area contributed by atoms with E-state index in [4.69, 9.17) is 0 Å². The van der Waals surface area contributed by atoms with Crippen LogP contribution in [0.5, 0.6) is 0 Å². The molecule has 5 heteroatoms. The van der Waals surface area contributed by atoms with Gasteiger partial charge in [0, 0.05) is 10.3 Å². The standard InChI is InChI=1S/C19H26N2O2S/c1-12(16-3-2-4-24-16)21-17(22)11-20-18(23)19-8-13-5-14(9-19)7-15(6-13)10-19/h2-4,12-15H,5-11H2,1H3,(H,20,23)(H,21,22). The topological polar surface area (TPSA) is 58.2 Å². The molecule has 1 heterocycles. The highest BCUT2D eigenvalue weighted by Crippen LogP contribution is 2.60. The van der Waals surface area contributed by atoms with Crippen molar-refractivity contribution >= 4 is 23.2 Å². The van der Waals surface area contributed by atoms with E-state index < -0.39 is 0 Å². The van der Waals surface area contributed by atoms with E-state index in [0.29, 0.717) is 0 Å². The number of hydrogen-bond acceptors (Lipinski definition) is 3. The van der Waals surface area contributed by atoms with E-state index in [-0.39, 0.29) is 29.8 Å². The van der Waals surface area contributed by atoms with E-state index in [1.165, 1.54) is 19.3 Å². The zero-order valence-corrected chi connectivity index (χ0v) is 15.0. The highest BCUT2D eigenvalue weighted by atomic mass is 32.1. The predicted octanol–water partition coefficient (Wildman–Crippen LogP) is 3.26. The van der Waals surface area contributed by atoms with Gasteiger partial charge in [-0.25, -0.2) is 0 Å². The van der Waals surface area contributed by atoms with Crippen molar-refractivity contribution in [2.45, 2.75) is 51.5 Å². The first kappa shape index (κ1) is 16.1. The molecule has 4 aliphatic carbocycles. The SMILES string of the molecule is CC(NC(=O)CNC(=O)C12CC3CC(CC(C3)C1)C2)c1cccs1. The van der Waals surface area contributed by atoms with Gasteiger partial charge in [0.1, 0.15) is 0 Å². The molecule has 24 heavy (non-hydrogen) atoms. The van der Waals surface area contributed by atoms with E-state index in [0.717, 1.165) is 41.9 Å². The van der Waals surface area contributed by atoms with E-state index in [2.05, 4.69) is 10.6 Å². The van der Waals surface area contributed by atoms with Crippen LogP contribution in [0.15, 0.2) is 17.5 Å². The summed E-state index contributed by atoms with van der Waals surface area (Å²) in [5, 5.41) is 7.92. The lowest BCUT2D eigenvalue weighted by Gasteiger charge is -2.55. The molecule has 0 spiro atoms. The molecular formula is C19H26N2O2S. The molecule has 0 aliphatic heterocycles. The maximum atomic E-state index is 12.8. The molecule has 130 valence electrons. The van der Waals surface area contributed by atoms with Gasteiger partial charge in [-0.2, -0.15) is 0 Å². The van der Waals surface area contributed by atoms with Gasteiger partial charge in [0.25, 0.3) is 0 Å². The highest BCUT2D eigenvalue weighted by molar-refractivity contribution is 7.10. The van der Waals surface area contributed by atoms with Gasteiger partial charge in [0.15, 0.2) is 0 Å². The molecule has 4 nitrogen and oxygen atoms in total. The minimum Gasteiger partial charge on any atom is -0.347 e. The lowest BCUT2D eigenvalue weighted by Crippen LogP contribution is -2.54. The van der Waals surface area contributed by atoms with Crippen molar-refractivity contribution in [3.63, 3.8) is 0 Å². The third-order valence-corrected chi connectivity index (χ3v) is 7.33. The molecule has 2 N–H and O–H groups in total. The molecule has 4 saturated carbocycles. The average Bonchev–Trinajstić information content (AvgIpc) is 3.05. The van der Waals surface area contributed by atoms with E-state index in [1.807, 2.05) is 24.4 Å². The fourth-order valence-electron chi connectivity index (χ4n) is 5.64. The molecule has 1 unspecified atom stereocenters. The fraction of sp³-hybridized carbons (Fsp3) is 0.684. The van der Waals surface area contributed by atoms with E-state index >= 15 is 0 Å². The van der Waals surface area contributed by atoms with Crippen LogP contribution in [-0.2, 0) is 9.59 Å². The minimum atomic E-state index is -0.172. The van der Waals surface area contributed by atoms with Crippen LogP contribution in [-0.4, -0.2) is 18.4 Å². The maximum absolute atomic E-state index is 12.8. The van der Waals surface area contributed by atoms with Gasteiger partial charge < -0.3 is 10.6 Å². The van der Waals surface area contributed by atoms with E-state index in [1.54, 1.807) is 11.3 Å². The molecule has 0 saturated heterocycles. The summed E-state index contributed by atoms with van der Waals surface area (Å²) in [5.41, 5.74) is -0.172. The number of nitrogens with one attached hydrogen (secondary N) is 2. The number of carbonyl (C=O) groups is 2. The smallest absolute Gasteiger partial charge is 0.239 e. The monoisotopic (exact) mass is 346 g/mol. The Balaban J connectivity index is 1.31. The number of thiophene rings is 1. The van der Waals surface area contributed by atoms with Crippen molar-refractivity contribution in [1.82, 2.24) is 10.6 Å². The number of hydrogen-bond donors (Lipinski definition) is 2. The van der Waals surface area contributed by atoms with Crippen LogP contribution in [0.1, 0.15) is 56.4 Å². The van der Waals surface area contributed by atoms with Crippen molar-refractivity contribution < 1.29 is 9.59 Å². The zero-order valence-electron chi connectivity index (χ0n) is 14.2. The second-order valence-corrected chi connectivity index (χ2v) is 9.16. The Hall–Kier alpha value is -1.36. The summed E-state index contributed by atoms with van der Waals surface area (Å²) >= 11 is 1.63. The largest absolute Gasteiger partial charge is 0.347 e. The van der Waals surface area contributed by atoms with Gasteiger partial charge in [0.2, 0.25) is 11.8 Å². The van der Waals surface area contributed by atoms with Crippen molar-refractivity contribution in [2.75, 3.05) is 6.54 Å². The minimum absolute atomic E-state index is 0.00560. The third kappa shape index (κ3) is 2.99. The first-order chi connectivity index (χ1) is 11.5. The van der Waals surface area contributed by atoms with Gasteiger partial charge >= 0.3 is 0 Å². The molecule has 5 rings (SSSR count). The van der Waals surface area contributed by atoms with Crippen LogP contribution >= 0.6 is 11.3 Å². The van der Waals surface area contributed by atoms with Gasteiger partial charge in [-0.05, 0) is 74.6 Å². The Labute approximate surface area is 147 Å². The number of rotatable bonds is 5. The van der Waals surface area contributed by atoms with Gasteiger partial charge in [0.05, 0.1) is 12.6 Å². The average molecular weight is 346 g/mol. The van der Waals surface area contributed by atoms with Gasteiger partial charge in [-0.15, -0.1) is 11.3 Å². The first-order valence-corrected chi connectivity index (χ1v) is 10.0. The summed E-state index contributed by atoms with van der Waals surface area (Å²) < 4.78 is 0. The van der Waals surface area contributed by atoms with Crippen LogP contribution < -0.4 is 10.6 Å². The van der Waals surface area contributed by atoms with Crippen LogP contribution in [0.2, 0.25) is 0 Å². The Morgan fingerprint density at radius 1 is 1.21 bits per heavy atom. The first-order valence-electron chi connectivity index (χ1n) is 9.15. The maximum Gasteiger partial charge on any atom is 0.239 e. The molecule has 4 fully saturated rings. The summed E-state index contributed by atoms with van der Waals surface area (Å²) in [4.78, 5) is 26.1. The lowest BCUT2D eigenvalue weighted by atomic mass is 9.49. The van der Waals surface area contributed by atoms with Crippen molar-refractivity contribution in [3.8, 4) is 0 Å². The number of amides is 2. The second kappa shape index (κ2) is 6.17. The van der Waals surface area contributed by atoms with Gasteiger partial charge in [-0.1, -0.05) is 6.07 Å². The molecule has 0 aromatic carbocycles. The molecule has 2 amide bonds. The summed E-state index contributed by atoms with van der Waals surface area (Å²) in [5.74, 6) is 2.26. The molecule has 4 bridgehead atoms. The predicted molar refractivity (Wildman–Crippen MR) is 94.5 cm³/mol. The lowest BCUT2D eigenvalue weighted by molar-refractivity contribution is -0.147. The Kier molecular flexibility index (Phi) is 4.15. The molecule has 1 atom stereocenters. The Morgan fingerprint density at radius 3 is 2.38 bits per heavy atom. The fourth-order valence-corrected chi connectivity index (χ4v) is 6.37. The van der Waals surface area contributed by atoms with Crippen LogP contribution in [0.4, 0.5) is 0 Å². The molecule has 4 aliphatic rings. The normalized spacial score (nSPS) is 34.8. The third-order valence-electron chi connectivity index (χ3n) is 6.28. The Morgan fingerprint density at radius 2 is 1.83 bits per heavy atom. The summed E-state index contributed by atoms with van der Waals surface area (Å²) in [6.07, 6.45) is 7.09. The second-order valence-electron chi connectivity index (χ2n) is 8.19. The summed E-state index contributed by atoms with van der Waals surface area (Å²) in [6, 6.07) is 4.00. The van der Waals surface area contributed by atoms with Crippen molar-refractivity contribution in [1.29, 1.82) is 0 Å². The van der Waals surface area contributed by atoms with E-state index in [9.17, 15) is 9.59 Å². The van der Waals surface area contributed by atoms with Crippen LogP contribution in [0.3, 0.4) is 0 Å². The van der Waals surface area contributed by atoms with Crippen molar-refractivity contribution in [2.24, 2.45) is 23.2 Å². The highest BCUT2D eigenvalue weighted by Gasteiger charge is 2.54. The Bertz CT molecular complexity index is 590. The van der Waals surface area contributed by atoms with Crippen LogP contribution in [0.25, 0.3) is 0 Å². The van der Waals surface area contributed by atoms with Crippen molar-refractivity contribution in [3.05, 3.63) is 22.4 Å². The molecule has 1 aromatic heterocycles.